The van der Waals surface area contributed by atoms with Crippen LogP contribution in [0.2, 0.25) is 0 Å². The number of hydrogen-bond donors (Lipinski definition) is 1. The molecule has 0 aromatic rings. The SMILES string of the molecule is C=C(C(=O)O)C1(C)C[C@H]2CC[C@@]1(C)C2(C)C. The third kappa shape index (κ3) is 1.01. The maximum Gasteiger partial charge on any atom is 0.331 e. The molecule has 0 aromatic carbocycles. The minimum atomic E-state index is -0.827. The van der Waals surface area contributed by atoms with Crippen LogP contribution < -0.4 is 0 Å². The van der Waals surface area contributed by atoms with Gasteiger partial charge in [-0.1, -0.05) is 34.3 Å². The van der Waals surface area contributed by atoms with Crippen molar-refractivity contribution < 1.29 is 9.90 Å². The van der Waals surface area contributed by atoms with Crippen LogP contribution in [0.5, 0.6) is 0 Å². The van der Waals surface area contributed by atoms with Crippen LogP contribution in [0.3, 0.4) is 0 Å². The van der Waals surface area contributed by atoms with E-state index in [0.717, 1.165) is 12.8 Å². The Hall–Kier alpha value is -0.790. The number of carboxylic acids is 1. The zero-order valence-corrected chi connectivity index (χ0v) is 10.8. The second kappa shape index (κ2) is 2.91. The molecule has 2 rings (SSSR count). The van der Waals surface area contributed by atoms with Crippen LogP contribution >= 0.6 is 0 Å². The molecule has 2 heteroatoms. The summed E-state index contributed by atoms with van der Waals surface area (Å²) < 4.78 is 0. The molecule has 2 bridgehead atoms. The first-order valence-electron chi connectivity index (χ1n) is 6.09. The summed E-state index contributed by atoms with van der Waals surface area (Å²) in [5.74, 6) is -0.175. The van der Waals surface area contributed by atoms with Gasteiger partial charge >= 0.3 is 5.97 Å². The van der Waals surface area contributed by atoms with E-state index in [-0.39, 0.29) is 16.2 Å². The molecular formula is C14H22O2. The van der Waals surface area contributed by atoms with Crippen LogP contribution in [-0.2, 0) is 4.79 Å². The van der Waals surface area contributed by atoms with Gasteiger partial charge < -0.3 is 5.11 Å². The molecule has 2 saturated carbocycles. The highest BCUT2D eigenvalue weighted by molar-refractivity contribution is 5.87. The van der Waals surface area contributed by atoms with E-state index in [2.05, 4.69) is 34.3 Å². The highest BCUT2D eigenvalue weighted by atomic mass is 16.4. The van der Waals surface area contributed by atoms with Gasteiger partial charge in [-0.3, -0.25) is 0 Å². The molecule has 0 spiro atoms. The van der Waals surface area contributed by atoms with Crippen molar-refractivity contribution in [3.63, 3.8) is 0 Å². The lowest BCUT2D eigenvalue weighted by Crippen LogP contribution is -2.42. The average molecular weight is 222 g/mol. The number of carbonyl (C=O) groups is 1. The first-order valence-corrected chi connectivity index (χ1v) is 6.09. The quantitative estimate of drug-likeness (QED) is 0.726. The number of aliphatic carboxylic acids is 1. The van der Waals surface area contributed by atoms with Gasteiger partial charge in [0, 0.05) is 11.0 Å². The molecule has 3 atom stereocenters. The largest absolute Gasteiger partial charge is 0.478 e. The molecule has 0 saturated heterocycles. The van der Waals surface area contributed by atoms with Crippen molar-refractivity contribution in [2.24, 2.45) is 22.2 Å². The second-order valence-corrected chi connectivity index (χ2v) is 6.61. The van der Waals surface area contributed by atoms with Gasteiger partial charge in [0.05, 0.1) is 0 Å². The Morgan fingerprint density at radius 3 is 2.19 bits per heavy atom. The minimum absolute atomic E-state index is 0.0835. The molecule has 2 aliphatic carbocycles. The van der Waals surface area contributed by atoms with E-state index in [1.807, 2.05) is 0 Å². The third-order valence-electron chi connectivity index (χ3n) is 6.23. The fraction of sp³-hybridized carbons (Fsp3) is 0.786. The van der Waals surface area contributed by atoms with Crippen molar-refractivity contribution in [1.82, 2.24) is 0 Å². The molecule has 0 aromatic heterocycles. The van der Waals surface area contributed by atoms with E-state index in [0.29, 0.717) is 11.5 Å². The lowest BCUT2D eigenvalue weighted by molar-refractivity contribution is -0.135. The van der Waals surface area contributed by atoms with Crippen molar-refractivity contribution in [2.75, 3.05) is 0 Å². The predicted molar refractivity (Wildman–Crippen MR) is 64.1 cm³/mol. The van der Waals surface area contributed by atoms with Gasteiger partial charge in [0.2, 0.25) is 0 Å². The Morgan fingerprint density at radius 2 is 1.88 bits per heavy atom. The molecule has 2 nitrogen and oxygen atoms in total. The maximum absolute atomic E-state index is 11.2. The molecular weight excluding hydrogens is 200 g/mol. The fourth-order valence-electron chi connectivity index (χ4n) is 4.35. The van der Waals surface area contributed by atoms with E-state index in [1.165, 1.54) is 6.42 Å². The van der Waals surface area contributed by atoms with Crippen LogP contribution in [0.15, 0.2) is 12.2 Å². The Labute approximate surface area is 97.7 Å². The van der Waals surface area contributed by atoms with E-state index in [9.17, 15) is 9.90 Å². The van der Waals surface area contributed by atoms with Crippen LogP contribution in [0.4, 0.5) is 0 Å². The summed E-state index contributed by atoms with van der Waals surface area (Å²) in [7, 11) is 0. The summed E-state index contributed by atoms with van der Waals surface area (Å²) >= 11 is 0. The predicted octanol–water partition coefficient (Wildman–Crippen LogP) is 3.48. The summed E-state index contributed by atoms with van der Waals surface area (Å²) in [6, 6.07) is 0. The van der Waals surface area contributed by atoms with Crippen molar-refractivity contribution in [3.05, 3.63) is 12.2 Å². The van der Waals surface area contributed by atoms with Crippen LogP contribution in [-0.4, -0.2) is 11.1 Å². The zero-order valence-electron chi connectivity index (χ0n) is 10.8. The standard InChI is InChI=1S/C14H22O2/c1-9(11(15)16)13(4)8-10-6-7-14(13,5)12(10,2)3/h10H,1,6-8H2,2-5H3,(H,15,16)/t10-,13?,14+/m1/s1. The number of hydrogen-bond acceptors (Lipinski definition) is 1. The first-order chi connectivity index (χ1) is 7.17. The maximum atomic E-state index is 11.2. The molecule has 90 valence electrons. The highest BCUT2D eigenvalue weighted by Gasteiger charge is 2.68. The normalized spacial score (nSPS) is 44.6. The van der Waals surface area contributed by atoms with Gasteiger partial charge in [-0.15, -0.1) is 0 Å². The molecule has 16 heavy (non-hydrogen) atoms. The number of carboxylic acid groups (broad SMARTS) is 1. The molecule has 0 aliphatic heterocycles. The van der Waals surface area contributed by atoms with Gasteiger partial charge in [0.1, 0.15) is 0 Å². The first kappa shape index (κ1) is 11.7. The van der Waals surface area contributed by atoms with Crippen LogP contribution in [0.1, 0.15) is 47.0 Å². The van der Waals surface area contributed by atoms with Gasteiger partial charge in [0.25, 0.3) is 0 Å². The monoisotopic (exact) mass is 222 g/mol. The van der Waals surface area contributed by atoms with Gasteiger partial charge in [-0.25, -0.2) is 4.79 Å². The van der Waals surface area contributed by atoms with Crippen molar-refractivity contribution in [1.29, 1.82) is 0 Å². The third-order valence-corrected chi connectivity index (χ3v) is 6.23. The Kier molecular flexibility index (Phi) is 2.12. The summed E-state index contributed by atoms with van der Waals surface area (Å²) in [4.78, 5) is 11.2. The highest BCUT2D eigenvalue weighted by Crippen LogP contribution is 2.74. The lowest BCUT2D eigenvalue weighted by atomic mass is 9.57. The Bertz CT molecular complexity index is 369. The summed E-state index contributed by atoms with van der Waals surface area (Å²) in [6.45, 7) is 12.8. The van der Waals surface area contributed by atoms with E-state index >= 15 is 0 Å². The lowest BCUT2D eigenvalue weighted by Gasteiger charge is -2.47. The summed E-state index contributed by atoms with van der Waals surface area (Å²) in [5.41, 5.74) is 0.496. The zero-order chi connectivity index (χ0) is 12.4. The molecule has 0 amide bonds. The van der Waals surface area contributed by atoms with E-state index in [4.69, 9.17) is 0 Å². The molecule has 0 radical (unpaired) electrons. The summed E-state index contributed by atoms with van der Waals surface area (Å²) in [5, 5.41) is 9.22. The van der Waals surface area contributed by atoms with Crippen molar-refractivity contribution in [3.8, 4) is 0 Å². The molecule has 0 heterocycles. The fourth-order valence-corrected chi connectivity index (χ4v) is 4.35. The average Bonchev–Trinajstić information content (AvgIpc) is 2.48. The second-order valence-electron chi connectivity index (χ2n) is 6.61. The van der Waals surface area contributed by atoms with E-state index in [1.54, 1.807) is 0 Å². The number of rotatable bonds is 2. The van der Waals surface area contributed by atoms with Gasteiger partial charge in [0.15, 0.2) is 0 Å². The molecule has 2 aliphatic rings. The number of fused-ring (bicyclic) bond motifs is 2. The van der Waals surface area contributed by atoms with Gasteiger partial charge in [-0.05, 0) is 36.0 Å². The van der Waals surface area contributed by atoms with Crippen LogP contribution in [0.25, 0.3) is 0 Å². The Morgan fingerprint density at radius 1 is 1.31 bits per heavy atom. The molecule has 2 fully saturated rings. The summed E-state index contributed by atoms with van der Waals surface area (Å²) in [6.07, 6.45) is 3.36. The Balaban J connectivity index is 2.48. The minimum Gasteiger partial charge on any atom is -0.478 e. The topological polar surface area (TPSA) is 37.3 Å². The van der Waals surface area contributed by atoms with Crippen LogP contribution in [0, 0.1) is 22.2 Å². The molecule has 1 unspecified atom stereocenters. The van der Waals surface area contributed by atoms with Gasteiger partial charge in [-0.2, -0.15) is 0 Å². The smallest absolute Gasteiger partial charge is 0.331 e. The van der Waals surface area contributed by atoms with Crippen molar-refractivity contribution >= 4 is 5.97 Å². The van der Waals surface area contributed by atoms with Crippen molar-refractivity contribution in [2.45, 2.75) is 47.0 Å². The molecule has 1 N–H and O–H groups in total. The van der Waals surface area contributed by atoms with E-state index < -0.39 is 5.97 Å².